The van der Waals surface area contributed by atoms with Crippen LogP contribution >= 0.6 is 0 Å². The summed E-state index contributed by atoms with van der Waals surface area (Å²) in [5.41, 5.74) is 0.699. The summed E-state index contributed by atoms with van der Waals surface area (Å²) in [5.74, 6) is -2.09. The molecule has 176 valence electrons. The number of ether oxygens (including phenoxy) is 1. The standard InChI is InChI=1S/C23H28N4O6/c1-23(2,3)33-22(32)26-10-4-9-25(11-12-26)14-5-6-15-16(13-14)21(31)27(20(15)30)17-7-8-18(28)24-19(17)29/h5-6,13,17H,4,7-12H2,1-3H3,(H,24,28,29). The van der Waals surface area contributed by atoms with E-state index in [9.17, 15) is 24.0 Å². The first-order valence-electron chi connectivity index (χ1n) is 11.1. The van der Waals surface area contributed by atoms with Gasteiger partial charge in [-0.2, -0.15) is 0 Å². The van der Waals surface area contributed by atoms with Crippen molar-refractivity contribution >= 4 is 35.4 Å². The number of imide groups is 2. The molecular weight excluding hydrogens is 428 g/mol. The third-order valence-electron chi connectivity index (χ3n) is 5.94. The number of amides is 5. The van der Waals surface area contributed by atoms with E-state index < -0.39 is 35.3 Å². The van der Waals surface area contributed by atoms with E-state index >= 15 is 0 Å². The van der Waals surface area contributed by atoms with Crippen LogP contribution in [0.2, 0.25) is 0 Å². The number of carbonyl (C=O) groups is 5. The van der Waals surface area contributed by atoms with E-state index in [1.165, 1.54) is 0 Å². The lowest BCUT2D eigenvalue weighted by molar-refractivity contribution is -0.136. The summed E-state index contributed by atoms with van der Waals surface area (Å²) in [6.07, 6.45) is 0.581. The molecule has 1 aromatic carbocycles. The summed E-state index contributed by atoms with van der Waals surface area (Å²) in [5, 5.41) is 2.20. The molecule has 1 unspecified atom stereocenters. The fourth-order valence-electron chi connectivity index (χ4n) is 4.34. The smallest absolute Gasteiger partial charge is 0.410 e. The van der Waals surface area contributed by atoms with Gasteiger partial charge in [0.05, 0.1) is 11.1 Å². The number of carbonyl (C=O) groups excluding carboxylic acids is 5. The number of hydrogen-bond donors (Lipinski definition) is 1. The van der Waals surface area contributed by atoms with E-state index in [1.54, 1.807) is 23.1 Å². The number of fused-ring (bicyclic) bond motifs is 1. The maximum Gasteiger partial charge on any atom is 0.410 e. The Hall–Kier alpha value is -3.43. The van der Waals surface area contributed by atoms with Gasteiger partial charge in [0, 0.05) is 38.3 Å². The van der Waals surface area contributed by atoms with Crippen LogP contribution in [0, 0.1) is 0 Å². The van der Waals surface area contributed by atoms with Crippen LogP contribution in [0.4, 0.5) is 10.5 Å². The van der Waals surface area contributed by atoms with Crippen LogP contribution in [0.25, 0.3) is 0 Å². The SMILES string of the molecule is CC(C)(C)OC(=O)N1CCCN(c2ccc3c(c2)C(=O)N(C2CCC(=O)NC2=O)C3=O)CC1. The first kappa shape index (κ1) is 22.8. The van der Waals surface area contributed by atoms with Crippen molar-refractivity contribution in [2.24, 2.45) is 0 Å². The molecular formula is C23H28N4O6. The van der Waals surface area contributed by atoms with Crippen molar-refractivity contribution in [3.8, 4) is 0 Å². The van der Waals surface area contributed by atoms with Crippen molar-refractivity contribution in [3.63, 3.8) is 0 Å². The van der Waals surface area contributed by atoms with E-state index in [-0.39, 0.29) is 30.1 Å². The van der Waals surface area contributed by atoms with Crippen molar-refractivity contribution in [3.05, 3.63) is 29.3 Å². The Balaban J connectivity index is 1.49. The molecule has 4 rings (SSSR count). The molecule has 3 aliphatic rings. The summed E-state index contributed by atoms with van der Waals surface area (Å²) in [6.45, 7) is 7.76. The maximum atomic E-state index is 13.1. The fraction of sp³-hybridized carbons (Fsp3) is 0.522. The summed E-state index contributed by atoms with van der Waals surface area (Å²) in [6, 6.07) is 4.07. The second-order valence-corrected chi connectivity index (χ2v) is 9.49. The van der Waals surface area contributed by atoms with Gasteiger partial charge in [-0.15, -0.1) is 0 Å². The van der Waals surface area contributed by atoms with E-state index in [0.717, 1.165) is 17.0 Å². The van der Waals surface area contributed by atoms with Gasteiger partial charge < -0.3 is 14.5 Å². The highest BCUT2D eigenvalue weighted by Crippen LogP contribution is 2.31. The lowest BCUT2D eigenvalue weighted by Crippen LogP contribution is -2.54. The van der Waals surface area contributed by atoms with E-state index in [1.807, 2.05) is 20.8 Å². The van der Waals surface area contributed by atoms with Gasteiger partial charge in [-0.05, 0) is 51.8 Å². The minimum atomic E-state index is -0.987. The van der Waals surface area contributed by atoms with Crippen LogP contribution in [0.3, 0.4) is 0 Å². The zero-order chi connectivity index (χ0) is 23.9. The molecule has 3 heterocycles. The number of benzene rings is 1. The Morgan fingerprint density at radius 1 is 1.00 bits per heavy atom. The first-order valence-corrected chi connectivity index (χ1v) is 11.1. The van der Waals surface area contributed by atoms with E-state index in [2.05, 4.69) is 10.2 Å². The molecule has 0 spiro atoms. The third kappa shape index (κ3) is 4.55. The van der Waals surface area contributed by atoms with Gasteiger partial charge in [-0.3, -0.25) is 29.4 Å². The summed E-state index contributed by atoms with van der Waals surface area (Å²) < 4.78 is 5.47. The largest absolute Gasteiger partial charge is 0.444 e. The molecule has 0 bridgehead atoms. The second kappa shape index (κ2) is 8.49. The zero-order valence-electron chi connectivity index (χ0n) is 19.1. The zero-order valence-corrected chi connectivity index (χ0v) is 19.1. The Morgan fingerprint density at radius 2 is 1.73 bits per heavy atom. The number of piperidine rings is 1. The molecule has 1 N–H and O–H groups in total. The maximum absolute atomic E-state index is 13.1. The molecule has 0 saturated carbocycles. The van der Waals surface area contributed by atoms with Crippen LogP contribution in [-0.2, 0) is 14.3 Å². The second-order valence-electron chi connectivity index (χ2n) is 9.49. The minimum absolute atomic E-state index is 0.0803. The van der Waals surface area contributed by atoms with Gasteiger partial charge in [0.25, 0.3) is 11.8 Å². The van der Waals surface area contributed by atoms with Gasteiger partial charge in [0.2, 0.25) is 11.8 Å². The Morgan fingerprint density at radius 3 is 2.42 bits per heavy atom. The van der Waals surface area contributed by atoms with Crippen molar-refractivity contribution in [1.29, 1.82) is 0 Å². The topological polar surface area (TPSA) is 116 Å². The van der Waals surface area contributed by atoms with Crippen LogP contribution in [0.1, 0.15) is 60.7 Å². The highest BCUT2D eigenvalue weighted by atomic mass is 16.6. The average molecular weight is 456 g/mol. The van der Waals surface area contributed by atoms with Gasteiger partial charge in [0.15, 0.2) is 0 Å². The predicted octanol–water partition coefficient (Wildman–Crippen LogP) is 1.53. The summed E-state index contributed by atoms with van der Waals surface area (Å²) >= 11 is 0. The normalized spacial score (nSPS) is 21.7. The molecule has 33 heavy (non-hydrogen) atoms. The minimum Gasteiger partial charge on any atom is -0.444 e. The van der Waals surface area contributed by atoms with Gasteiger partial charge in [-0.1, -0.05) is 0 Å². The van der Waals surface area contributed by atoms with E-state index in [0.29, 0.717) is 26.2 Å². The van der Waals surface area contributed by atoms with Gasteiger partial charge in [0.1, 0.15) is 11.6 Å². The Kier molecular flexibility index (Phi) is 5.85. The van der Waals surface area contributed by atoms with Crippen LogP contribution in [-0.4, -0.2) is 77.3 Å². The lowest BCUT2D eigenvalue weighted by atomic mass is 10.0. The number of nitrogens with zero attached hydrogens (tertiary/aromatic N) is 3. The molecule has 10 nitrogen and oxygen atoms in total. The third-order valence-corrected chi connectivity index (χ3v) is 5.94. The first-order chi connectivity index (χ1) is 15.5. The molecule has 0 aliphatic carbocycles. The molecule has 0 radical (unpaired) electrons. The highest BCUT2D eigenvalue weighted by Gasteiger charge is 2.44. The van der Waals surface area contributed by atoms with Crippen molar-refractivity contribution < 1.29 is 28.7 Å². The van der Waals surface area contributed by atoms with Gasteiger partial charge >= 0.3 is 6.09 Å². The highest BCUT2D eigenvalue weighted by molar-refractivity contribution is 6.23. The lowest BCUT2D eigenvalue weighted by Gasteiger charge is -2.27. The number of rotatable bonds is 2. The monoisotopic (exact) mass is 456 g/mol. The molecule has 5 amide bonds. The van der Waals surface area contributed by atoms with Crippen molar-refractivity contribution in [1.82, 2.24) is 15.1 Å². The molecule has 10 heteroatoms. The summed E-state index contributed by atoms with van der Waals surface area (Å²) in [4.78, 5) is 66.7. The average Bonchev–Trinajstić information content (AvgIpc) is 2.90. The number of hydrogen-bond acceptors (Lipinski definition) is 7. The van der Waals surface area contributed by atoms with Crippen molar-refractivity contribution in [2.75, 3.05) is 31.1 Å². The molecule has 3 aliphatic heterocycles. The summed E-state index contributed by atoms with van der Waals surface area (Å²) in [7, 11) is 0. The molecule has 2 saturated heterocycles. The van der Waals surface area contributed by atoms with Gasteiger partial charge in [-0.25, -0.2) is 4.79 Å². The Bertz CT molecular complexity index is 1030. The molecule has 2 fully saturated rings. The molecule has 0 aromatic heterocycles. The van der Waals surface area contributed by atoms with E-state index in [4.69, 9.17) is 4.74 Å². The van der Waals surface area contributed by atoms with Crippen LogP contribution in [0.15, 0.2) is 18.2 Å². The molecule has 1 aromatic rings. The number of anilines is 1. The fourth-order valence-corrected chi connectivity index (χ4v) is 4.34. The predicted molar refractivity (Wildman–Crippen MR) is 118 cm³/mol. The number of nitrogens with one attached hydrogen (secondary N) is 1. The quantitative estimate of drug-likeness (QED) is 0.671. The van der Waals surface area contributed by atoms with Crippen molar-refractivity contribution in [2.45, 2.75) is 51.7 Å². The Labute approximate surface area is 191 Å². The molecule has 1 atom stereocenters. The van der Waals surface area contributed by atoms with Crippen LogP contribution < -0.4 is 10.2 Å². The van der Waals surface area contributed by atoms with Crippen LogP contribution in [0.5, 0.6) is 0 Å².